The van der Waals surface area contributed by atoms with Crippen molar-refractivity contribution >= 4 is 11.5 Å². The van der Waals surface area contributed by atoms with Crippen LogP contribution in [0.4, 0.5) is 5.82 Å². The lowest BCUT2D eigenvalue weighted by Crippen LogP contribution is -2.05. The van der Waals surface area contributed by atoms with E-state index < -0.39 is 0 Å². The summed E-state index contributed by atoms with van der Waals surface area (Å²) in [7, 11) is 0. The minimum atomic E-state index is 0.744. The highest BCUT2D eigenvalue weighted by atomic mass is 15.3. The molecule has 0 spiro atoms. The monoisotopic (exact) mass is 332 g/mol. The molecule has 0 saturated heterocycles. The average Bonchev–Trinajstić information content (AvgIpc) is 3.27. The molecule has 1 N–H and O–H groups in total. The van der Waals surface area contributed by atoms with E-state index in [1.54, 1.807) is 0 Å². The summed E-state index contributed by atoms with van der Waals surface area (Å²) in [5.74, 6) is 0.852. The van der Waals surface area contributed by atoms with Gasteiger partial charge in [0.05, 0.1) is 24.6 Å². The predicted molar refractivity (Wildman–Crippen MR) is 98.5 cm³/mol. The molecule has 0 aliphatic carbocycles. The summed E-state index contributed by atoms with van der Waals surface area (Å²) in [6.07, 6.45) is 6.79. The van der Waals surface area contributed by atoms with Gasteiger partial charge in [-0.1, -0.05) is 37.3 Å². The topological polar surface area (TPSA) is 60.0 Å². The van der Waals surface area contributed by atoms with Crippen LogP contribution in [0.25, 0.3) is 16.9 Å². The molecule has 3 aromatic heterocycles. The van der Waals surface area contributed by atoms with Gasteiger partial charge in [0.2, 0.25) is 0 Å². The Hall–Kier alpha value is -3.15. The first kappa shape index (κ1) is 15.4. The number of aromatic nitrogens is 5. The maximum Gasteiger partial charge on any atom is 0.154 e. The summed E-state index contributed by atoms with van der Waals surface area (Å²) >= 11 is 0. The molecule has 0 saturated carbocycles. The van der Waals surface area contributed by atoms with Crippen LogP contribution in [0.1, 0.15) is 18.9 Å². The summed E-state index contributed by atoms with van der Waals surface area (Å²) in [6.45, 7) is 3.78. The number of rotatable bonds is 6. The minimum absolute atomic E-state index is 0.744. The first-order chi connectivity index (χ1) is 12.3. The van der Waals surface area contributed by atoms with Gasteiger partial charge in [-0.05, 0) is 24.1 Å². The van der Waals surface area contributed by atoms with Crippen molar-refractivity contribution in [1.82, 2.24) is 24.4 Å². The van der Waals surface area contributed by atoms with Crippen LogP contribution < -0.4 is 5.32 Å². The van der Waals surface area contributed by atoms with Gasteiger partial charge in [-0.2, -0.15) is 5.10 Å². The fraction of sp³-hybridized carbons (Fsp3) is 0.211. The smallest absolute Gasteiger partial charge is 0.154 e. The highest BCUT2D eigenvalue weighted by Gasteiger charge is 2.10. The second kappa shape index (κ2) is 6.76. The molecule has 1 aromatic carbocycles. The van der Waals surface area contributed by atoms with Gasteiger partial charge < -0.3 is 5.32 Å². The summed E-state index contributed by atoms with van der Waals surface area (Å²) < 4.78 is 3.80. The van der Waals surface area contributed by atoms with Crippen molar-refractivity contribution in [3.05, 3.63) is 66.6 Å². The molecule has 126 valence electrons. The van der Waals surface area contributed by atoms with Crippen molar-refractivity contribution in [2.24, 2.45) is 0 Å². The maximum atomic E-state index is 4.65. The Labute approximate surface area is 146 Å². The molecule has 0 aliphatic rings. The molecule has 0 bridgehead atoms. The normalized spacial score (nSPS) is 11.1. The molecule has 6 nitrogen and oxygen atoms in total. The molecular weight excluding hydrogens is 312 g/mol. The number of anilines is 1. The Balaban J connectivity index is 1.63. The van der Waals surface area contributed by atoms with E-state index in [2.05, 4.69) is 39.6 Å². The Morgan fingerprint density at radius 2 is 1.92 bits per heavy atom. The minimum Gasteiger partial charge on any atom is -0.369 e. The summed E-state index contributed by atoms with van der Waals surface area (Å²) in [6, 6.07) is 14.2. The lowest BCUT2D eigenvalue weighted by Gasteiger charge is -2.05. The van der Waals surface area contributed by atoms with Gasteiger partial charge in [-0.15, -0.1) is 5.10 Å². The summed E-state index contributed by atoms with van der Waals surface area (Å²) in [4.78, 5) is 4.45. The standard InChI is InChI=1S/C19H20N6/c1-2-10-20-18-8-9-19-21-12-17(25(19)23-18)16-11-22-24(14-16)13-15-6-4-3-5-7-15/h3-9,11-12,14H,2,10,13H2,1H3,(H,20,23). The van der Waals surface area contributed by atoms with E-state index in [9.17, 15) is 0 Å². The Morgan fingerprint density at radius 1 is 1.04 bits per heavy atom. The molecule has 0 unspecified atom stereocenters. The zero-order valence-corrected chi connectivity index (χ0v) is 14.1. The molecule has 25 heavy (non-hydrogen) atoms. The lowest BCUT2D eigenvalue weighted by atomic mass is 10.2. The Morgan fingerprint density at radius 3 is 2.76 bits per heavy atom. The molecule has 0 aliphatic heterocycles. The number of hydrogen-bond donors (Lipinski definition) is 1. The maximum absolute atomic E-state index is 4.65. The van der Waals surface area contributed by atoms with Crippen molar-refractivity contribution < 1.29 is 0 Å². The van der Waals surface area contributed by atoms with Crippen LogP contribution in [-0.4, -0.2) is 30.9 Å². The van der Waals surface area contributed by atoms with E-state index >= 15 is 0 Å². The number of benzene rings is 1. The molecule has 0 radical (unpaired) electrons. The first-order valence-corrected chi connectivity index (χ1v) is 8.49. The third-order valence-corrected chi connectivity index (χ3v) is 4.03. The largest absolute Gasteiger partial charge is 0.369 e. The fourth-order valence-corrected chi connectivity index (χ4v) is 2.77. The van der Waals surface area contributed by atoms with E-state index in [0.29, 0.717) is 0 Å². The molecule has 4 rings (SSSR count). The number of hydrogen-bond acceptors (Lipinski definition) is 4. The quantitative estimate of drug-likeness (QED) is 0.587. The molecular formula is C19H20N6. The molecule has 0 atom stereocenters. The van der Waals surface area contributed by atoms with Crippen LogP contribution in [0.5, 0.6) is 0 Å². The number of nitrogens with zero attached hydrogens (tertiary/aromatic N) is 5. The van der Waals surface area contributed by atoms with E-state index in [0.717, 1.165) is 42.2 Å². The summed E-state index contributed by atoms with van der Waals surface area (Å²) in [5.41, 5.74) is 3.99. The molecule has 0 fully saturated rings. The molecule has 6 heteroatoms. The Bertz CT molecular complexity index is 970. The van der Waals surface area contributed by atoms with Crippen LogP contribution in [0.15, 0.2) is 61.1 Å². The zero-order valence-electron chi connectivity index (χ0n) is 14.1. The number of nitrogens with one attached hydrogen (secondary N) is 1. The van der Waals surface area contributed by atoms with Gasteiger partial charge >= 0.3 is 0 Å². The van der Waals surface area contributed by atoms with Crippen LogP contribution in [-0.2, 0) is 6.54 Å². The molecule has 0 amide bonds. The number of imidazole rings is 1. The van der Waals surface area contributed by atoms with Gasteiger partial charge in [0.15, 0.2) is 5.65 Å². The number of fused-ring (bicyclic) bond motifs is 1. The Kier molecular flexibility index (Phi) is 4.16. The van der Waals surface area contributed by atoms with Crippen LogP contribution in [0, 0.1) is 0 Å². The van der Waals surface area contributed by atoms with Crippen molar-refractivity contribution in [2.75, 3.05) is 11.9 Å². The third-order valence-electron chi connectivity index (χ3n) is 4.03. The van der Waals surface area contributed by atoms with Gasteiger partial charge in [0.25, 0.3) is 0 Å². The lowest BCUT2D eigenvalue weighted by molar-refractivity contribution is 0.687. The fourth-order valence-electron chi connectivity index (χ4n) is 2.77. The highest BCUT2D eigenvalue weighted by Crippen LogP contribution is 2.20. The van der Waals surface area contributed by atoms with E-state index in [1.165, 1.54) is 5.56 Å². The van der Waals surface area contributed by atoms with Crippen molar-refractivity contribution in [3.8, 4) is 11.3 Å². The van der Waals surface area contributed by atoms with Gasteiger partial charge in [0.1, 0.15) is 5.82 Å². The van der Waals surface area contributed by atoms with Crippen LogP contribution in [0.2, 0.25) is 0 Å². The van der Waals surface area contributed by atoms with Gasteiger partial charge in [0, 0.05) is 18.3 Å². The van der Waals surface area contributed by atoms with E-state index in [-0.39, 0.29) is 0 Å². The zero-order chi connectivity index (χ0) is 17.1. The van der Waals surface area contributed by atoms with Gasteiger partial charge in [-0.25, -0.2) is 9.50 Å². The molecule has 4 aromatic rings. The van der Waals surface area contributed by atoms with Crippen molar-refractivity contribution in [3.63, 3.8) is 0 Å². The predicted octanol–water partition coefficient (Wildman–Crippen LogP) is 3.46. The van der Waals surface area contributed by atoms with Crippen molar-refractivity contribution in [1.29, 1.82) is 0 Å². The van der Waals surface area contributed by atoms with Crippen LogP contribution >= 0.6 is 0 Å². The van der Waals surface area contributed by atoms with Crippen LogP contribution in [0.3, 0.4) is 0 Å². The van der Waals surface area contributed by atoms with E-state index in [4.69, 9.17) is 0 Å². The summed E-state index contributed by atoms with van der Waals surface area (Å²) in [5, 5.41) is 12.4. The van der Waals surface area contributed by atoms with Gasteiger partial charge in [-0.3, -0.25) is 4.68 Å². The van der Waals surface area contributed by atoms with Crippen molar-refractivity contribution in [2.45, 2.75) is 19.9 Å². The average molecular weight is 332 g/mol. The molecule has 3 heterocycles. The third kappa shape index (κ3) is 3.24. The highest BCUT2D eigenvalue weighted by molar-refractivity contribution is 5.62. The SMILES string of the molecule is CCCNc1ccc2ncc(-c3cnn(Cc4ccccc4)c3)n2n1. The van der Waals surface area contributed by atoms with E-state index in [1.807, 2.05) is 58.1 Å². The first-order valence-electron chi connectivity index (χ1n) is 8.49. The second-order valence-electron chi connectivity index (χ2n) is 5.97. The second-order valence-corrected chi connectivity index (χ2v) is 5.97.